The highest BCUT2D eigenvalue weighted by molar-refractivity contribution is 7.08. The molecular formula is C11H12ClN3OS. The van der Waals surface area contributed by atoms with Crippen LogP contribution < -0.4 is 0 Å². The number of nitrogens with zero attached hydrogens (tertiary/aromatic N) is 3. The van der Waals surface area contributed by atoms with E-state index in [4.69, 9.17) is 11.6 Å². The molecule has 90 valence electrons. The van der Waals surface area contributed by atoms with Crippen LogP contribution in [0.2, 0.25) is 0 Å². The van der Waals surface area contributed by atoms with Crippen LogP contribution in [0.4, 0.5) is 0 Å². The van der Waals surface area contributed by atoms with Crippen LogP contribution >= 0.6 is 23.1 Å². The predicted molar refractivity (Wildman–Crippen MR) is 68.5 cm³/mol. The van der Waals surface area contributed by atoms with E-state index < -0.39 is 0 Å². The minimum Gasteiger partial charge on any atom is -0.293 e. The van der Waals surface area contributed by atoms with E-state index in [9.17, 15) is 4.79 Å². The largest absolute Gasteiger partial charge is 0.293 e. The smallest absolute Gasteiger partial charge is 0.213 e. The Bertz CT molecular complexity index is 573. The lowest BCUT2D eigenvalue weighted by molar-refractivity contribution is 0.102. The normalized spacial score (nSPS) is 10.8. The van der Waals surface area contributed by atoms with E-state index in [0.29, 0.717) is 5.56 Å². The third-order valence-electron chi connectivity index (χ3n) is 2.56. The van der Waals surface area contributed by atoms with E-state index in [-0.39, 0.29) is 11.7 Å². The lowest BCUT2D eigenvalue weighted by Gasteiger charge is -2.04. The van der Waals surface area contributed by atoms with Gasteiger partial charge in [-0.25, -0.2) is 4.98 Å². The fraction of sp³-hybridized carbons (Fsp3) is 0.364. The molecule has 0 bridgehead atoms. The fourth-order valence-corrected chi connectivity index (χ4v) is 2.72. The first-order valence-corrected chi connectivity index (χ1v) is 6.44. The molecule has 0 amide bonds. The minimum absolute atomic E-state index is 0.000555. The average molecular weight is 270 g/mol. The number of alkyl halides is 1. The van der Waals surface area contributed by atoms with Crippen LogP contribution in [0.5, 0.6) is 0 Å². The molecule has 2 heterocycles. The molecule has 2 rings (SSSR count). The van der Waals surface area contributed by atoms with Crippen LogP contribution in [0.25, 0.3) is 5.13 Å². The molecule has 17 heavy (non-hydrogen) atoms. The van der Waals surface area contributed by atoms with Crippen molar-refractivity contribution in [3.63, 3.8) is 0 Å². The van der Waals surface area contributed by atoms with Gasteiger partial charge in [-0.1, -0.05) is 0 Å². The summed E-state index contributed by atoms with van der Waals surface area (Å²) in [5.74, 6) is 0.675. The van der Waals surface area contributed by atoms with Crippen molar-refractivity contribution in [2.75, 3.05) is 5.88 Å². The highest BCUT2D eigenvalue weighted by Crippen LogP contribution is 2.22. The Hall–Kier alpha value is -1.20. The van der Waals surface area contributed by atoms with E-state index >= 15 is 0 Å². The predicted octanol–water partition coefficient (Wildman–Crippen LogP) is 2.68. The Morgan fingerprint density at radius 2 is 2.18 bits per heavy atom. The summed E-state index contributed by atoms with van der Waals surface area (Å²) in [6, 6.07) is 1.84. The van der Waals surface area contributed by atoms with Gasteiger partial charge in [-0.15, -0.1) is 11.6 Å². The van der Waals surface area contributed by atoms with Gasteiger partial charge in [0.2, 0.25) is 5.13 Å². The molecule has 0 aromatic carbocycles. The first-order chi connectivity index (χ1) is 8.04. The monoisotopic (exact) mass is 269 g/mol. The highest BCUT2D eigenvalue weighted by atomic mass is 35.5. The molecule has 0 spiro atoms. The molecule has 0 fully saturated rings. The topological polar surface area (TPSA) is 47.8 Å². The Kier molecular flexibility index (Phi) is 3.31. The zero-order valence-corrected chi connectivity index (χ0v) is 11.4. The van der Waals surface area contributed by atoms with Crippen molar-refractivity contribution >= 4 is 28.9 Å². The van der Waals surface area contributed by atoms with Crippen LogP contribution in [0.15, 0.2) is 6.07 Å². The number of aromatic nitrogens is 3. The number of rotatable bonds is 3. The highest BCUT2D eigenvalue weighted by Gasteiger charge is 2.17. The van der Waals surface area contributed by atoms with Gasteiger partial charge >= 0.3 is 0 Å². The number of hydrogen-bond donors (Lipinski definition) is 0. The minimum atomic E-state index is -0.0627. The van der Waals surface area contributed by atoms with Gasteiger partial charge in [0.05, 0.1) is 5.88 Å². The second kappa shape index (κ2) is 4.58. The van der Waals surface area contributed by atoms with E-state index in [1.54, 1.807) is 0 Å². The molecule has 0 aliphatic heterocycles. The maximum atomic E-state index is 11.7. The van der Waals surface area contributed by atoms with Gasteiger partial charge in [0.25, 0.3) is 0 Å². The fourth-order valence-electron chi connectivity index (χ4n) is 1.79. The molecule has 4 nitrogen and oxygen atoms in total. The number of carbonyl (C=O) groups is 1. The van der Waals surface area contributed by atoms with Crippen molar-refractivity contribution in [3.05, 3.63) is 28.8 Å². The third kappa shape index (κ3) is 2.12. The summed E-state index contributed by atoms with van der Waals surface area (Å²) < 4.78 is 6.08. The number of Topliss-reactive ketones (excluding diaryl/α,β-unsaturated/α-hetero) is 1. The molecule has 0 aliphatic rings. The number of hydrogen-bond acceptors (Lipinski definition) is 4. The Morgan fingerprint density at radius 3 is 2.71 bits per heavy atom. The van der Waals surface area contributed by atoms with Crippen molar-refractivity contribution in [3.8, 4) is 5.13 Å². The average Bonchev–Trinajstić information content (AvgIpc) is 2.82. The molecule has 0 unspecified atom stereocenters. The van der Waals surface area contributed by atoms with Gasteiger partial charge in [0.1, 0.15) is 5.82 Å². The summed E-state index contributed by atoms with van der Waals surface area (Å²) in [4.78, 5) is 16.0. The van der Waals surface area contributed by atoms with Gasteiger partial charge in [0, 0.05) is 28.5 Å². The lowest BCUT2D eigenvalue weighted by Crippen LogP contribution is -2.04. The third-order valence-corrected chi connectivity index (χ3v) is 3.60. The summed E-state index contributed by atoms with van der Waals surface area (Å²) in [6.07, 6.45) is 0. The summed E-state index contributed by atoms with van der Waals surface area (Å²) in [6.45, 7) is 5.68. The first kappa shape index (κ1) is 12.3. The standard InChI is InChI=1S/C11H12ClN3OS/c1-6-4-9(10(16)5-12)7(2)15(6)11-13-8(3)14-17-11/h4H,5H2,1-3H3. The first-order valence-electron chi connectivity index (χ1n) is 5.13. The van der Waals surface area contributed by atoms with Gasteiger partial charge in [0.15, 0.2) is 5.78 Å². The lowest BCUT2D eigenvalue weighted by atomic mass is 10.2. The molecule has 2 aromatic heterocycles. The molecule has 0 aliphatic carbocycles. The van der Waals surface area contributed by atoms with Crippen molar-refractivity contribution in [1.82, 2.24) is 13.9 Å². The molecule has 0 saturated carbocycles. The second-order valence-corrected chi connectivity index (χ2v) is 4.80. The number of halogens is 1. The Balaban J connectivity index is 2.56. The second-order valence-electron chi connectivity index (χ2n) is 3.80. The van der Waals surface area contributed by atoms with Crippen molar-refractivity contribution in [2.45, 2.75) is 20.8 Å². The van der Waals surface area contributed by atoms with Gasteiger partial charge in [-0.3, -0.25) is 9.36 Å². The van der Waals surface area contributed by atoms with Crippen molar-refractivity contribution in [1.29, 1.82) is 0 Å². The van der Waals surface area contributed by atoms with Crippen molar-refractivity contribution < 1.29 is 4.79 Å². The van der Waals surface area contributed by atoms with Gasteiger partial charge in [-0.2, -0.15) is 4.37 Å². The summed E-state index contributed by atoms with van der Waals surface area (Å²) >= 11 is 6.91. The molecule has 0 N–H and O–H groups in total. The zero-order valence-electron chi connectivity index (χ0n) is 9.82. The van der Waals surface area contributed by atoms with Crippen LogP contribution in [0.3, 0.4) is 0 Å². The van der Waals surface area contributed by atoms with Crippen LogP contribution in [-0.2, 0) is 0 Å². The van der Waals surface area contributed by atoms with Crippen LogP contribution in [0, 0.1) is 20.8 Å². The summed E-state index contributed by atoms with van der Waals surface area (Å²) in [5.41, 5.74) is 2.49. The SMILES string of the molecule is Cc1nsc(-n2c(C)cc(C(=O)CCl)c2C)n1. The van der Waals surface area contributed by atoms with E-state index in [2.05, 4.69) is 9.36 Å². The molecule has 6 heteroatoms. The van der Waals surface area contributed by atoms with Gasteiger partial charge < -0.3 is 0 Å². The summed E-state index contributed by atoms with van der Waals surface area (Å²) in [5, 5.41) is 0.783. The molecule has 0 atom stereocenters. The summed E-state index contributed by atoms with van der Waals surface area (Å²) in [7, 11) is 0. The van der Waals surface area contributed by atoms with E-state index in [1.807, 2.05) is 31.4 Å². The van der Waals surface area contributed by atoms with E-state index in [0.717, 1.165) is 22.3 Å². The number of aryl methyl sites for hydroxylation is 2. The molecular weight excluding hydrogens is 258 g/mol. The number of ketones is 1. The molecule has 0 radical (unpaired) electrons. The quantitative estimate of drug-likeness (QED) is 0.636. The van der Waals surface area contributed by atoms with Crippen LogP contribution in [-0.4, -0.2) is 25.6 Å². The molecule has 2 aromatic rings. The number of carbonyl (C=O) groups excluding carboxylic acids is 1. The maximum Gasteiger partial charge on any atom is 0.213 e. The molecule has 0 saturated heterocycles. The van der Waals surface area contributed by atoms with Gasteiger partial charge in [-0.05, 0) is 26.8 Å². The van der Waals surface area contributed by atoms with E-state index in [1.165, 1.54) is 11.5 Å². The Morgan fingerprint density at radius 1 is 1.47 bits per heavy atom. The zero-order chi connectivity index (χ0) is 12.6. The van der Waals surface area contributed by atoms with Crippen molar-refractivity contribution in [2.24, 2.45) is 0 Å². The van der Waals surface area contributed by atoms with Crippen LogP contribution in [0.1, 0.15) is 27.6 Å². The Labute approximate surface area is 108 Å². The maximum absolute atomic E-state index is 11.7.